The number of sulfone groups is 1. The molecule has 0 aliphatic rings. The quantitative estimate of drug-likeness (QED) is 0.710. The maximum atomic E-state index is 10.9. The summed E-state index contributed by atoms with van der Waals surface area (Å²) in [7, 11) is -1.28. The van der Waals surface area contributed by atoms with Crippen LogP contribution in [0.4, 0.5) is 0 Å². The SMILES string of the molecule is CNCCc1noc(CS(C)(=O)=O)n1. The van der Waals surface area contributed by atoms with Gasteiger partial charge in [0, 0.05) is 19.2 Å². The van der Waals surface area contributed by atoms with Gasteiger partial charge in [-0.2, -0.15) is 4.98 Å². The molecular weight excluding hydrogens is 206 g/mol. The molecular formula is C7H13N3O3S. The third-order valence-electron chi connectivity index (χ3n) is 1.49. The second kappa shape index (κ2) is 4.52. The summed E-state index contributed by atoms with van der Waals surface area (Å²) < 4.78 is 26.5. The zero-order chi connectivity index (χ0) is 10.6. The summed E-state index contributed by atoms with van der Waals surface area (Å²) in [5, 5.41) is 6.58. The first kappa shape index (κ1) is 11.1. The lowest BCUT2D eigenvalue weighted by Crippen LogP contribution is -2.11. The second-order valence-corrected chi connectivity index (χ2v) is 5.17. The summed E-state index contributed by atoms with van der Waals surface area (Å²) in [6.45, 7) is 0.734. The predicted molar refractivity (Wildman–Crippen MR) is 50.5 cm³/mol. The molecule has 0 spiro atoms. The molecule has 0 aliphatic heterocycles. The average molecular weight is 219 g/mol. The Bertz CT molecular complexity index is 385. The van der Waals surface area contributed by atoms with Crippen molar-refractivity contribution in [3.63, 3.8) is 0 Å². The van der Waals surface area contributed by atoms with Crippen LogP contribution < -0.4 is 5.32 Å². The normalized spacial score (nSPS) is 11.9. The van der Waals surface area contributed by atoms with E-state index in [9.17, 15) is 8.42 Å². The minimum absolute atomic E-state index is 0.151. The molecule has 7 heteroatoms. The topological polar surface area (TPSA) is 85.1 Å². The van der Waals surface area contributed by atoms with Crippen molar-refractivity contribution in [2.45, 2.75) is 12.2 Å². The average Bonchev–Trinajstić information content (AvgIpc) is 2.46. The molecule has 1 rings (SSSR count). The Hall–Kier alpha value is -0.950. The van der Waals surface area contributed by atoms with Crippen molar-refractivity contribution in [3.05, 3.63) is 11.7 Å². The summed E-state index contributed by atoms with van der Waals surface area (Å²) in [5.74, 6) is 0.483. The van der Waals surface area contributed by atoms with Crippen LogP contribution in [0.1, 0.15) is 11.7 Å². The van der Waals surface area contributed by atoms with Crippen molar-refractivity contribution in [2.75, 3.05) is 19.8 Å². The summed E-state index contributed by atoms with van der Waals surface area (Å²) in [4.78, 5) is 3.94. The highest BCUT2D eigenvalue weighted by Gasteiger charge is 2.11. The van der Waals surface area contributed by atoms with E-state index in [4.69, 9.17) is 4.52 Å². The molecule has 0 saturated heterocycles. The fourth-order valence-electron chi connectivity index (χ4n) is 0.911. The van der Waals surface area contributed by atoms with Crippen LogP contribution in [-0.2, 0) is 22.0 Å². The van der Waals surface area contributed by atoms with Crippen LogP contribution in [-0.4, -0.2) is 38.4 Å². The maximum absolute atomic E-state index is 10.9. The molecule has 0 bridgehead atoms. The van der Waals surface area contributed by atoms with Crippen molar-refractivity contribution in [2.24, 2.45) is 0 Å². The van der Waals surface area contributed by atoms with Crippen LogP contribution in [0.5, 0.6) is 0 Å². The first-order chi connectivity index (χ1) is 6.51. The molecule has 80 valence electrons. The van der Waals surface area contributed by atoms with E-state index in [2.05, 4.69) is 15.5 Å². The van der Waals surface area contributed by atoms with Crippen LogP contribution >= 0.6 is 0 Å². The molecule has 6 nitrogen and oxygen atoms in total. The third-order valence-corrected chi connectivity index (χ3v) is 2.27. The molecule has 0 fully saturated rings. The van der Waals surface area contributed by atoms with Crippen molar-refractivity contribution >= 4 is 9.84 Å². The fraction of sp³-hybridized carbons (Fsp3) is 0.714. The van der Waals surface area contributed by atoms with Gasteiger partial charge in [0.1, 0.15) is 5.75 Å². The lowest BCUT2D eigenvalue weighted by atomic mass is 10.4. The number of aromatic nitrogens is 2. The molecule has 0 saturated carbocycles. The lowest BCUT2D eigenvalue weighted by molar-refractivity contribution is 0.382. The summed E-state index contributed by atoms with van der Waals surface area (Å²) in [6, 6.07) is 0. The predicted octanol–water partition coefficient (Wildman–Crippen LogP) is -0.624. The molecule has 1 N–H and O–H groups in total. The molecule has 14 heavy (non-hydrogen) atoms. The number of likely N-dealkylation sites (N-methyl/N-ethyl adjacent to an activating group) is 1. The Morgan fingerprint density at radius 3 is 2.79 bits per heavy atom. The van der Waals surface area contributed by atoms with E-state index < -0.39 is 9.84 Å². The maximum Gasteiger partial charge on any atom is 0.241 e. The highest BCUT2D eigenvalue weighted by atomic mass is 32.2. The van der Waals surface area contributed by atoms with E-state index >= 15 is 0 Å². The van der Waals surface area contributed by atoms with Crippen LogP contribution in [0.2, 0.25) is 0 Å². The zero-order valence-corrected chi connectivity index (χ0v) is 8.97. The van der Waals surface area contributed by atoms with Crippen LogP contribution in [0, 0.1) is 0 Å². The van der Waals surface area contributed by atoms with E-state index in [1.54, 1.807) is 0 Å². The number of nitrogens with one attached hydrogen (secondary N) is 1. The van der Waals surface area contributed by atoms with Gasteiger partial charge in [0.15, 0.2) is 15.7 Å². The summed E-state index contributed by atoms with van der Waals surface area (Å²) in [5.41, 5.74) is 0. The van der Waals surface area contributed by atoms with Gasteiger partial charge < -0.3 is 9.84 Å². The van der Waals surface area contributed by atoms with Crippen LogP contribution in [0.3, 0.4) is 0 Å². The number of hydrogen-bond acceptors (Lipinski definition) is 6. The van der Waals surface area contributed by atoms with Crippen LogP contribution in [0.15, 0.2) is 4.52 Å². The standard InChI is InChI=1S/C7H13N3O3S/c1-8-4-3-6-9-7(13-10-6)5-14(2,11)12/h8H,3-5H2,1-2H3. The summed E-state index contributed by atoms with van der Waals surface area (Å²) in [6.07, 6.45) is 1.76. The first-order valence-corrected chi connectivity index (χ1v) is 6.21. The minimum Gasteiger partial charge on any atom is -0.338 e. The van der Waals surface area contributed by atoms with Crippen molar-refractivity contribution in [3.8, 4) is 0 Å². The third kappa shape index (κ3) is 3.84. The Morgan fingerprint density at radius 2 is 2.21 bits per heavy atom. The molecule has 0 atom stereocenters. The van der Waals surface area contributed by atoms with E-state index in [0.29, 0.717) is 12.2 Å². The van der Waals surface area contributed by atoms with E-state index in [0.717, 1.165) is 12.8 Å². The molecule has 0 radical (unpaired) electrons. The molecule has 1 aromatic rings. The van der Waals surface area contributed by atoms with Gasteiger partial charge >= 0.3 is 0 Å². The van der Waals surface area contributed by atoms with Gasteiger partial charge in [-0.1, -0.05) is 5.16 Å². The fourth-order valence-corrected chi connectivity index (χ4v) is 1.48. The second-order valence-electron chi connectivity index (χ2n) is 3.03. The lowest BCUT2D eigenvalue weighted by Gasteiger charge is -1.91. The zero-order valence-electron chi connectivity index (χ0n) is 8.15. The van der Waals surface area contributed by atoms with Gasteiger partial charge in [-0.05, 0) is 7.05 Å². The van der Waals surface area contributed by atoms with Crippen LogP contribution in [0.25, 0.3) is 0 Å². The first-order valence-electron chi connectivity index (χ1n) is 4.15. The van der Waals surface area contributed by atoms with Gasteiger partial charge in [0.25, 0.3) is 0 Å². The van der Waals surface area contributed by atoms with Gasteiger partial charge in [-0.15, -0.1) is 0 Å². The number of rotatable bonds is 5. The molecule has 0 unspecified atom stereocenters. The monoisotopic (exact) mass is 219 g/mol. The molecule has 1 aromatic heterocycles. The minimum atomic E-state index is -3.10. The summed E-state index contributed by atoms with van der Waals surface area (Å²) >= 11 is 0. The van der Waals surface area contributed by atoms with E-state index in [1.807, 2.05) is 7.05 Å². The Morgan fingerprint density at radius 1 is 1.50 bits per heavy atom. The van der Waals surface area contributed by atoms with Gasteiger partial charge in [0.05, 0.1) is 0 Å². The van der Waals surface area contributed by atoms with E-state index in [1.165, 1.54) is 0 Å². The number of nitrogens with zero attached hydrogens (tertiary/aromatic N) is 2. The highest BCUT2D eigenvalue weighted by Crippen LogP contribution is 2.02. The largest absolute Gasteiger partial charge is 0.338 e. The molecule has 0 aliphatic carbocycles. The molecule has 0 amide bonds. The van der Waals surface area contributed by atoms with Gasteiger partial charge in [-0.25, -0.2) is 8.42 Å². The van der Waals surface area contributed by atoms with Gasteiger partial charge in [-0.3, -0.25) is 0 Å². The Labute approximate surface area is 82.6 Å². The smallest absolute Gasteiger partial charge is 0.241 e. The van der Waals surface area contributed by atoms with Crippen molar-refractivity contribution in [1.82, 2.24) is 15.5 Å². The Balaban J connectivity index is 2.59. The number of hydrogen-bond donors (Lipinski definition) is 1. The molecule has 0 aromatic carbocycles. The van der Waals surface area contributed by atoms with Crippen molar-refractivity contribution < 1.29 is 12.9 Å². The van der Waals surface area contributed by atoms with Gasteiger partial charge in [0.2, 0.25) is 5.89 Å². The Kier molecular flexibility index (Phi) is 3.59. The molecule has 1 heterocycles. The highest BCUT2D eigenvalue weighted by molar-refractivity contribution is 7.89. The van der Waals surface area contributed by atoms with Crippen molar-refractivity contribution in [1.29, 1.82) is 0 Å². The van der Waals surface area contributed by atoms with E-state index in [-0.39, 0.29) is 11.6 Å².